The maximum absolute atomic E-state index is 6.39. The molecule has 5 heteroatoms. The molecule has 0 radical (unpaired) electrons. The Morgan fingerprint density at radius 1 is 0.512 bits per heavy atom. The fraction of sp³-hybridized carbons (Fsp3) is 0.158. The zero-order chi connectivity index (χ0) is 29.3. The predicted octanol–water partition coefficient (Wildman–Crippen LogP) is 8.69. The Morgan fingerprint density at radius 2 is 1.12 bits per heavy atom. The van der Waals surface area contributed by atoms with Crippen molar-refractivity contribution >= 4 is 45.3 Å². The van der Waals surface area contributed by atoms with Gasteiger partial charge in [-0.3, -0.25) is 0 Å². The van der Waals surface area contributed by atoms with E-state index in [0.29, 0.717) is 0 Å². The number of nitrogens with zero attached hydrogens (tertiary/aromatic N) is 2. The molecule has 0 saturated carbocycles. The number of aromatic nitrogens is 2. The van der Waals surface area contributed by atoms with Gasteiger partial charge >= 0.3 is 7.12 Å². The highest BCUT2D eigenvalue weighted by atomic mass is 16.7. The van der Waals surface area contributed by atoms with Crippen LogP contribution >= 0.6 is 0 Å². The highest BCUT2D eigenvalue weighted by molar-refractivity contribution is 6.62. The largest absolute Gasteiger partial charge is 0.494 e. The molecule has 0 amide bonds. The van der Waals surface area contributed by atoms with E-state index in [-0.39, 0.29) is 11.2 Å². The van der Waals surface area contributed by atoms with Gasteiger partial charge in [-0.05, 0) is 87.3 Å². The van der Waals surface area contributed by atoms with Gasteiger partial charge in [-0.15, -0.1) is 0 Å². The van der Waals surface area contributed by atoms with E-state index in [2.05, 4.69) is 164 Å². The van der Waals surface area contributed by atoms with Gasteiger partial charge in [0, 0.05) is 27.5 Å². The van der Waals surface area contributed by atoms with Crippen LogP contribution in [-0.2, 0) is 9.31 Å². The van der Waals surface area contributed by atoms with Crippen LogP contribution in [0.3, 0.4) is 0 Å². The molecule has 3 heterocycles. The van der Waals surface area contributed by atoms with Gasteiger partial charge in [0.05, 0.1) is 33.4 Å². The summed E-state index contributed by atoms with van der Waals surface area (Å²) < 4.78 is 17.5. The van der Waals surface area contributed by atoms with Crippen LogP contribution in [0.15, 0.2) is 127 Å². The van der Waals surface area contributed by atoms with Gasteiger partial charge in [0.1, 0.15) is 0 Å². The summed E-state index contributed by atoms with van der Waals surface area (Å²) in [5.74, 6) is 0. The molecule has 1 aliphatic rings. The molecule has 0 unspecified atom stereocenters. The molecule has 8 rings (SSSR count). The number of hydrogen-bond acceptors (Lipinski definition) is 2. The van der Waals surface area contributed by atoms with Crippen LogP contribution < -0.4 is 5.46 Å². The van der Waals surface area contributed by atoms with E-state index in [9.17, 15) is 0 Å². The number of fused-ring (bicyclic) bond motifs is 4. The summed E-state index contributed by atoms with van der Waals surface area (Å²) in [6.07, 6.45) is 0. The van der Waals surface area contributed by atoms with Crippen molar-refractivity contribution in [2.24, 2.45) is 0 Å². The van der Waals surface area contributed by atoms with Crippen molar-refractivity contribution in [2.75, 3.05) is 0 Å². The summed E-state index contributed by atoms with van der Waals surface area (Å²) in [5.41, 5.74) is 8.45. The Hall–Kier alpha value is -4.58. The van der Waals surface area contributed by atoms with Gasteiger partial charge in [-0.25, -0.2) is 0 Å². The average molecular weight is 561 g/mol. The smallest absolute Gasteiger partial charge is 0.399 e. The van der Waals surface area contributed by atoms with E-state index in [0.717, 1.165) is 22.4 Å². The second kappa shape index (κ2) is 9.47. The number of hydrogen-bond donors (Lipinski definition) is 0. The topological polar surface area (TPSA) is 28.3 Å². The Bertz CT molecular complexity index is 2120. The van der Waals surface area contributed by atoms with Crippen LogP contribution in [0, 0.1) is 0 Å². The molecule has 1 fully saturated rings. The second-order valence-corrected chi connectivity index (χ2v) is 12.5. The van der Waals surface area contributed by atoms with E-state index in [1.165, 1.54) is 38.4 Å². The van der Waals surface area contributed by atoms with E-state index in [1.807, 2.05) is 0 Å². The van der Waals surface area contributed by atoms with Crippen molar-refractivity contribution in [3.8, 4) is 22.6 Å². The van der Waals surface area contributed by atoms with Gasteiger partial charge in [0.25, 0.3) is 0 Å². The minimum Gasteiger partial charge on any atom is -0.399 e. The highest BCUT2D eigenvalue weighted by Crippen LogP contribution is 2.38. The molecule has 43 heavy (non-hydrogen) atoms. The fourth-order valence-electron chi connectivity index (χ4n) is 6.40. The summed E-state index contributed by atoms with van der Waals surface area (Å²) >= 11 is 0. The first-order valence-electron chi connectivity index (χ1n) is 15.0. The van der Waals surface area contributed by atoms with Gasteiger partial charge in [-0.1, -0.05) is 78.9 Å². The van der Waals surface area contributed by atoms with Crippen molar-refractivity contribution in [3.05, 3.63) is 127 Å². The maximum atomic E-state index is 6.39. The average Bonchev–Trinajstić information content (AvgIpc) is 3.64. The Kier molecular flexibility index (Phi) is 5.74. The summed E-state index contributed by atoms with van der Waals surface area (Å²) in [4.78, 5) is 0. The molecule has 2 aromatic heterocycles. The maximum Gasteiger partial charge on any atom is 0.494 e. The zero-order valence-corrected chi connectivity index (χ0v) is 24.9. The quantitative estimate of drug-likeness (QED) is 0.202. The van der Waals surface area contributed by atoms with Crippen LogP contribution in [0.1, 0.15) is 27.7 Å². The first-order chi connectivity index (χ1) is 20.8. The van der Waals surface area contributed by atoms with Crippen LogP contribution in [-0.4, -0.2) is 27.5 Å². The molecular formula is C38H33BN2O2. The fourth-order valence-corrected chi connectivity index (χ4v) is 6.40. The third-order valence-corrected chi connectivity index (χ3v) is 9.37. The van der Waals surface area contributed by atoms with Crippen molar-refractivity contribution in [1.29, 1.82) is 0 Å². The molecule has 0 N–H and O–H groups in total. The molecule has 1 saturated heterocycles. The molecule has 0 spiro atoms. The monoisotopic (exact) mass is 560 g/mol. The van der Waals surface area contributed by atoms with Crippen LogP contribution in [0.2, 0.25) is 0 Å². The minimum absolute atomic E-state index is 0.380. The van der Waals surface area contributed by atoms with Crippen molar-refractivity contribution in [3.63, 3.8) is 0 Å². The van der Waals surface area contributed by atoms with E-state index in [1.54, 1.807) is 0 Å². The standard InChI is InChI=1S/C38H33BN2O2/c1-37(2)38(3,4)43-39(42-37)28-20-23-35-32(25-28)31-15-9-11-17-34(31)41(35)30-21-18-26(19-22-30)36-24-27-12-8-10-16-33(27)40(36)29-13-6-5-7-14-29/h5-25H,1-4H3. The molecular weight excluding hydrogens is 527 g/mol. The third kappa shape index (κ3) is 4.07. The van der Waals surface area contributed by atoms with Crippen LogP contribution in [0.4, 0.5) is 0 Å². The van der Waals surface area contributed by atoms with Gasteiger partial charge in [0.15, 0.2) is 0 Å². The normalized spacial score (nSPS) is 16.0. The lowest BCUT2D eigenvalue weighted by Crippen LogP contribution is -2.41. The Balaban J connectivity index is 1.24. The van der Waals surface area contributed by atoms with E-state index < -0.39 is 7.12 Å². The summed E-state index contributed by atoms with van der Waals surface area (Å²) in [6, 6.07) is 45.6. The molecule has 1 aliphatic heterocycles. The highest BCUT2D eigenvalue weighted by Gasteiger charge is 2.51. The Labute approximate surface area is 252 Å². The first-order valence-corrected chi connectivity index (χ1v) is 15.0. The SMILES string of the molecule is CC1(C)OB(c2ccc3c(c2)c2ccccc2n3-c2ccc(-c3cc4ccccc4n3-c3ccccc3)cc2)OC1(C)C. The van der Waals surface area contributed by atoms with Crippen molar-refractivity contribution in [1.82, 2.24) is 9.13 Å². The Morgan fingerprint density at radius 3 is 1.86 bits per heavy atom. The van der Waals surface area contributed by atoms with Gasteiger partial charge < -0.3 is 18.4 Å². The second-order valence-electron chi connectivity index (χ2n) is 12.5. The molecule has 0 bridgehead atoms. The summed E-state index contributed by atoms with van der Waals surface area (Å²) in [7, 11) is -0.396. The molecule has 0 aliphatic carbocycles. The van der Waals surface area contributed by atoms with Crippen LogP contribution in [0.5, 0.6) is 0 Å². The zero-order valence-electron chi connectivity index (χ0n) is 24.9. The minimum atomic E-state index is -0.396. The lowest BCUT2D eigenvalue weighted by molar-refractivity contribution is 0.00578. The molecule has 5 aromatic carbocycles. The van der Waals surface area contributed by atoms with E-state index in [4.69, 9.17) is 9.31 Å². The number of benzene rings is 5. The van der Waals surface area contributed by atoms with Crippen LogP contribution in [0.25, 0.3) is 55.3 Å². The van der Waals surface area contributed by atoms with Gasteiger partial charge in [0.2, 0.25) is 0 Å². The molecule has 7 aromatic rings. The number of rotatable bonds is 4. The van der Waals surface area contributed by atoms with E-state index >= 15 is 0 Å². The molecule has 4 nitrogen and oxygen atoms in total. The first kappa shape index (κ1) is 26.1. The lowest BCUT2D eigenvalue weighted by Gasteiger charge is -2.32. The van der Waals surface area contributed by atoms with Gasteiger partial charge in [-0.2, -0.15) is 0 Å². The lowest BCUT2D eigenvalue weighted by atomic mass is 9.78. The van der Waals surface area contributed by atoms with Crippen molar-refractivity contribution in [2.45, 2.75) is 38.9 Å². The summed E-state index contributed by atoms with van der Waals surface area (Å²) in [6.45, 7) is 8.39. The molecule has 0 atom stereocenters. The number of para-hydroxylation sites is 3. The third-order valence-electron chi connectivity index (χ3n) is 9.37. The summed E-state index contributed by atoms with van der Waals surface area (Å²) in [5, 5.41) is 3.63. The molecule has 210 valence electrons. The van der Waals surface area contributed by atoms with Crippen molar-refractivity contribution < 1.29 is 9.31 Å². The predicted molar refractivity (Wildman–Crippen MR) is 179 cm³/mol.